The maximum absolute atomic E-state index is 13.3. The van der Waals surface area contributed by atoms with E-state index in [0.29, 0.717) is 12.0 Å². The second-order valence-electron chi connectivity index (χ2n) is 6.60. The van der Waals surface area contributed by atoms with Crippen LogP contribution in [0.15, 0.2) is 35.3 Å². The normalized spacial score (nSPS) is 28.4. The molecule has 1 aromatic carbocycles. The molecule has 3 heterocycles. The molecule has 1 aromatic heterocycles. The number of rotatable bonds is 4. The van der Waals surface area contributed by atoms with Crippen LogP contribution in [0, 0.1) is 10.6 Å². The van der Waals surface area contributed by atoms with E-state index in [4.69, 9.17) is 38.4 Å². The molecule has 2 aliphatic rings. The van der Waals surface area contributed by atoms with Gasteiger partial charge in [-0.05, 0) is 43.3 Å². The lowest BCUT2D eigenvalue weighted by atomic mass is 9.88. The molecule has 0 aliphatic carbocycles. The van der Waals surface area contributed by atoms with Crippen molar-refractivity contribution in [2.45, 2.75) is 37.5 Å². The highest BCUT2D eigenvalue weighted by Gasteiger charge is 2.58. The first-order valence-corrected chi connectivity index (χ1v) is 10.5. The van der Waals surface area contributed by atoms with Gasteiger partial charge in [0.15, 0.2) is 24.1 Å². The number of fused-ring (bicyclic) bond motifs is 1. The molecule has 2 radical (unpaired) electrons. The van der Waals surface area contributed by atoms with Crippen LogP contribution in [0.3, 0.4) is 0 Å². The van der Waals surface area contributed by atoms with Crippen molar-refractivity contribution in [3.63, 3.8) is 0 Å². The van der Waals surface area contributed by atoms with Gasteiger partial charge < -0.3 is 9.84 Å². The average Bonchev–Trinajstić information content (AvgIpc) is 3.12. The highest BCUT2D eigenvalue weighted by molar-refractivity contribution is 7.71. The predicted molar refractivity (Wildman–Crippen MR) is 102 cm³/mol. The number of H-pyrrole nitrogens is 1. The molecule has 0 bridgehead atoms. The Morgan fingerprint density at radius 2 is 2.21 bits per heavy atom. The van der Waals surface area contributed by atoms with Gasteiger partial charge in [-0.15, -0.1) is 9.05 Å². The predicted octanol–water partition coefficient (Wildman–Crippen LogP) is 1.83. The van der Waals surface area contributed by atoms with Crippen LogP contribution in [0.25, 0.3) is 0 Å². The molecule has 0 amide bonds. The standard InChI is InChI=1S/C16H15BFN2O7PS/c17-16(22,12-3-4-14(25-12)20-6-5-13(21)19-15(20)29)27-28(23)24-8-9-7-10(18)1-2-11(9)26-28/h1-2,5-7,12,14,22-23H,3-4,8H2/p+1. The fourth-order valence-electron chi connectivity index (χ4n) is 3.12. The first-order valence-electron chi connectivity index (χ1n) is 8.58. The van der Waals surface area contributed by atoms with Crippen LogP contribution in [-0.4, -0.2) is 39.2 Å². The Balaban J connectivity index is 1.47. The summed E-state index contributed by atoms with van der Waals surface area (Å²) in [6, 6.07) is 4.96. The highest BCUT2D eigenvalue weighted by atomic mass is 32.1. The molecule has 9 nitrogen and oxygen atoms in total. The average molecular weight is 441 g/mol. The Morgan fingerprint density at radius 1 is 1.41 bits per heavy atom. The number of benzene rings is 1. The summed E-state index contributed by atoms with van der Waals surface area (Å²) < 4.78 is 36.4. The third kappa shape index (κ3) is 4.29. The van der Waals surface area contributed by atoms with Crippen LogP contribution in [-0.2, 0) is 20.4 Å². The van der Waals surface area contributed by atoms with E-state index in [1.165, 1.54) is 29.0 Å². The molecule has 29 heavy (non-hydrogen) atoms. The van der Waals surface area contributed by atoms with E-state index in [0.717, 1.165) is 6.07 Å². The zero-order chi connectivity index (χ0) is 20.8. The number of hydrogen-bond acceptors (Lipinski definition) is 8. The van der Waals surface area contributed by atoms with Crippen molar-refractivity contribution >= 4 is 28.2 Å². The van der Waals surface area contributed by atoms with Crippen molar-refractivity contribution in [3.8, 4) is 5.75 Å². The Bertz CT molecular complexity index is 1050. The first kappa shape index (κ1) is 20.6. The monoisotopic (exact) mass is 441 g/mol. The highest BCUT2D eigenvalue weighted by Crippen LogP contribution is 2.63. The summed E-state index contributed by atoms with van der Waals surface area (Å²) >= 11 is 5.10. The number of aromatic nitrogens is 2. The molecule has 1 saturated heterocycles. The van der Waals surface area contributed by atoms with Crippen LogP contribution in [0.2, 0.25) is 0 Å². The van der Waals surface area contributed by atoms with Crippen LogP contribution >= 0.6 is 20.4 Å². The Hall–Kier alpha value is -1.66. The van der Waals surface area contributed by atoms with Crippen molar-refractivity contribution in [3.05, 3.63) is 57.0 Å². The molecule has 0 saturated carbocycles. The fraction of sp³-hybridized carbons (Fsp3) is 0.375. The topological polar surface area (TPSA) is 115 Å². The molecule has 0 spiro atoms. The van der Waals surface area contributed by atoms with Crippen molar-refractivity contribution in [2.75, 3.05) is 0 Å². The smallest absolute Gasteiger partial charge is 0.368 e. The third-order valence-corrected chi connectivity index (χ3v) is 6.22. The van der Waals surface area contributed by atoms with E-state index in [2.05, 4.69) is 4.98 Å². The molecule has 4 rings (SSSR count). The van der Waals surface area contributed by atoms with Gasteiger partial charge in [0.25, 0.3) is 5.56 Å². The molecule has 152 valence electrons. The van der Waals surface area contributed by atoms with Crippen molar-refractivity contribution in [1.82, 2.24) is 9.55 Å². The first-order chi connectivity index (χ1) is 13.7. The SMILES string of the molecule is [B]C(O)(O[P+]1(O)OCc2cc(F)ccc2O1)C1CCC(n2ccc(=O)[nH]c2=S)O1. The maximum Gasteiger partial charge on any atom is 0.621 e. The van der Waals surface area contributed by atoms with E-state index < -0.39 is 32.0 Å². The van der Waals surface area contributed by atoms with Gasteiger partial charge in [0, 0.05) is 17.8 Å². The minimum atomic E-state index is -4.04. The Labute approximate surface area is 171 Å². The summed E-state index contributed by atoms with van der Waals surface area (Å²) in [5.74, 6) is -0.323. The van der Waals surface area contributed by atoms with Crippen molar-refractivity contribution in [2.24, 2.45) is 0 Å². The van der Waals surface area contributed by atoms with Gasteiger partial charge >= 0.3 is 8.17 Å². The third-order valence-electron chi connectivity index (χ3n) is 4.50. The lowest BCUT2D eigenvalue weighted by molar-refractivity contribution is -0.181. The Kier molecular flexibility index (Phi) is 5.37. The van der Waals surface area contributed by atoms with E-state index in [-0.39, 0.29) is 29.1 Å². The van der Waals surface area contributed by atoms with Crippen molar-refractivity contribution in [1.29, 1.82) is 0 Å². The van der Waals surface area contributed by atoms with Gasteiger partial charge in [0.1, 0.15) is 24.8 Å². The number of ether oxygens (including phenoxy) is 1. The molecule has 4 atom stereocenters. The van der Waals surface area contributed by atoms with Crippen LogP contribution in [0.1, 0.15) is 24.6 Å². The summed E-state index contributed by atoms with van der Waals surface area (Å²) in [4.78, 5) is 24.3. The van der Waals surface area contributed by atoms with Gasteiger partial charge in [-0.25, -0.2) is 4.39 Å². The molecule has 2 aliphatic heterocycles. The number of hydrogen-bond donors (Lipinski definition) is 3. The van der Waals surface area contributed by atoms with E-state index >= 15 is 0 Å². The summed E-state index contributed by atoms with van der Waals surface area (Å²) in [5.41, 5.74) is -2.42. The molecule has 1 fully saturated rings. The van der Waals surface area contributed by atoms with Crippen LogP contribution in [0.5, 0.6) is 5.75 Å². The maximum atomic E-state index is 13.3. The lowest BCUT2D eigenvalue weighted by Crippen LogP contribution is -2.46. The zero-order valence-electron chi connectivity index (χ0n) is 14.9. The van der Waals surface area contributed by atoms with Gasteiger partial charge in [0.05, 0.1) is 0 Å². The summed E-state index contributed by atoms with van der Waals surface area (Å²) in [6.07, 6.45) is 0.490. The van der Waals surface area contributed by atoms with E-state index in [1.54, 1.807) is 0 Å². The fourth-order valence-corrected chi connectivity index (χ4v) is 4.76. The Morgan fingerprint density at radius 3 is 2.97 bits per heavy atom. The summed E-state index contributed by atoms with van der Waals surface area (Å²) in [5, 5.41) is 10.6. The number of nitrogens with one attached hydrogen (secondary N) is 1. The van der Waals surface area contributed by atoms with E-state index in [1.807, 2.05) is 0 Å². The lowest BCUT2D eigenvalue weighted by Gasteiger charge is -2.31. The van der Waals surface area contributed by atoms with Gasteiger partial charge in [-0.1, -0.05) is 0 Å². The van der Waals surface area contributed by atoms with Gasteiger partial charge in [-0.3, -0.25) is 18.9 Å². The molecule has 4 unspecified atom stereocenters. The second kappa shape index (κ2) is 7.55. The number of aliphatic hydroxyl groups is 1. The van der Waals surface area contributed by atoms with Crippen molar-refractivity contribution < 1.29 is 32.7 Å². The molecular formula is C16H16BFN2O7PS+. The molecule has 3 N–H and O–H groups in total. The number of nitrogens with zero attached hydrogens (tertiary/aromatic N) is 1. The minimum Gasteiger partial charge on any atom is -0.368 e. The zero-order valence-corrected chi connectivity index (χ0v) is 16.6. The minimum absolute atomic E-state index is 0.151. The molecular weight excluding hydrogens is 425 g/mol. The largest absolute Gasteiger partial charge is 0.621 e. The quantitative estimate of drug-likeness (QED) is 0.285. The van der Waals surface area contributed by atoms with Crippen LogP contribution in [0.4, 0.5) is 4.39 Å². The summed E-state index contributed by atoms with van der Waals surface area (Å²) in [6.45, 7) is -0.186. The number of halogens is 1. The molecule has 2 aromatic rings. The number of aromatic amines is 1. The van der Waals surface area contributed by atoms with E-state index in [9.17, 15) is 19.2 Å². The van der Waals surface area contributed by atoms with Gasteiger partial charge in [-0.2, -0.15) is 4.89 Å². The van der Waals surface area contributed by atoms with Gasteiger partial charge in [0.2, 0.25) is 0 Å². The van der Waals surface area contributed by atoms with Crippen LogP contribution < -0.4 is 10.1 Å². The molecule has 13 heteroatoms. The summed E-state index contributed by atoms with van der Waals surface area (Å²) in [7, 11) is 1.80. The second-order valence-corrected chi connectivity index (χ2v) is 8.55.